The molecule has 0 unspecified atom stereocenters. The Balaban J connectivity index is 1.52. The minimum Gasteiger partial charge on any atom is -0.478 e. The molecule has 2 heterocycles. The van der Waals surface area contributed by atoms with Crippen molar-refractivity contribution in [2.24, 2.45) is 0 Å². The molecule has 0 fully saturated rings. The minimum absolute atomic E-state index is 0.0465. The molecule has 1 amide bonds. The number of benzene rings is 3. The molecule has 0 aliphatic carbocycles. The van der Waals surface area contributed by atoms with E-state index in [0.717, 1.165) is 5.56 Å². The number of amides is 1. The Morgan fingerprint density at radius 3 is 2.33 bits per heavy atom. The van der Waals surface area contributed by atoms with E-state index in [1.165, 1.54) is 29.2 Å². The van der Waals surface area contributed by atoms with Gasteiger partial charge in [0, 0.05) is 29.0 Å². The number of nitro groups is 1. The second-order valence-corrected chi connectivity index (χ2v) is 8.00. The van der Waals surface area contributed by atoms with E-state index in [-0.39, 0.29) is 17.2 Å². The van der Waals surface area contributed by atoms with Crippen molar-refractivity contribution in [2.75, 3.05) is 4.90 Å². The van der Waals surface area contributed by atoms with Crippen molar-refractivity contribution in [3.05, 3.63) is 130 Å². The summed E-state index contributed by atoms with van der Waals surface area (Å²) in [6, 6.07) is 25.0. The fourth-order valence-corrected chi connectivity index (χ4v) is 3.96. The standard InChI is InChI=1S/C28H18N2O6/c31-27-21(16-24-13-14-26(36-24)20-7-4-8-23(15-20)30(34)35)17-25(18-5-2-1-3-6-18)29(27)22-11-9-19(10-12-22)28(32)33/h1-17H,(H,32,33)/b21-16+. The molecule has 5 rings (SSSR count). The number of carboxylic acid groups (broad SMARTS) is 1. The summed E-state index contributed by atoms with van der Waals surface area (Å²) in [4.78, 5) is 36.9. The van der Waals surface area contributed by atoms with Crippen LogP contribution in [-0.4, -0.2) is 21.9 Å². The molecular weight excluding hydrogens is 460 g/mol. The van der Waals surface area contributed by atoms with E-state index >= 15 is 0 Å². The molecule has 1 aliphatic rings. The average molecular weight is 478 g/mol. The number of furan rings is 1. The second kappa shape index (κ2) is 9.19. The van der Waals surface area contributed by atoms with Gasteiger partial charge in [0.25, 0.3) is 11.6 Å². The molecule has 4 aromatic rings. The number of non-ortho nitro benzene ring substituents is 1. The topological polar surface area (TPSA) is 114 Å². The van der Waals surface area contributed by atoms with Gasteiger partial charge in [-0.3, -0.25) is 19.8 Å². The first kappa shape index (κ1) is 22.5. The highest BCUT2D eigenvalue weighted by atomic mass is 16.6. The van der Waals surface area contributed by atoms with Crippen molar-refractivity contribution in [1.82, 2.24) is 0 Å². The van der Waals surface area contributed by atoms with Crippen LogP contribution in [0.3, 0.4) is 0 Å². The third kappa shape index (κ3) is 4.30. The highest BCUT2D eigenvalue weighted by Gasteiger charge is 2.30. The van der Waals surface area contributed by atoms with Crippen LogP contribution in [0.1, 0.15) is 21.7 Å². The lowest BCUT2D eigenvalue weighted by molar-refractivity contribution is -0.384. The van der Waals surface area contributed by atoms with Crippen molar-refractivity contribution < 1.29 is 24.0 Å². The number of carboxylic acids is 1. The SMILES string of the molecule is O=C(O)c1ccc(N2C(=O)/C(=C/c3ccc(-c4cccc([N+](=O)[O-])c4)o3)C=C2c2ccccc2)cc1. The predicted molar refractivity (Wildman–Crippen MR) is 134 cm³/mol. The number of carbonyl (C=O) groups excluding carboxylic acids is 1. The maximum Gasteiger partial charge on any atom is 0.335 e. The lowest BCUT2D eigenvalue weighted by Crippen LogP contribution is -2.25. The number of hydrogen-bond acceptors (Lipinski definition) is 5. The Kier molecular flexibility index (Phi) is 5.75. The smallest absolute Gasteiger partial charge is 0.335 e. The zero-order chi connectivity index (χ0) is 25.2. The Morgan fingerprint density at radius 1 is 0.917 bits per heavy atom. The normalized spacial score (nSPS) is 14.2. The number of hydrogen-bond donors (Lipinski definition) is 1. The Morgan fingerprint density at radius 2 is 1.64 bits per heavy atom. The number of anilines is 1. The van der Waals surface area contributed by atoms with Crippen molar-refractivity contribution in [1.29, 1.82) is 0 Å². The molecule has 3 aromatic carbocycles. The van der Waals surface area contributed by atoms with Gasteiger partial charge in [-0.25, -0.2) is 4.79 Å². The molecule has 0 bridgehead atoms. The van der Waals surface area contributed by atoms with E-state index < -0.39 is 10.9 Å². The van der Waals surface area contributed by atoms with Crippen LogP contribution in [0, 0.1) is 10.1 Å². The summed E-state index contributed by atoms with van der Waals surface area (Å²) >= 11 is 0. The first-order chi connectivity index (χ1) is 17.4. The quantitative estimate of drug-likeness (QED) is 0.206. The summed E-state index contributed by atoms with van der Waals surface area (Å²) in [6.45, 7) is 0. The molecule has 1 N–H and O–H groups in total. The van der Waals surface area contributed by atoms with Gasteiger partial charge in [-0.2, -0.15) is 0 Å². The first-order valence-electron chi connectivity index (χ1n) is 10.9. The third-order valence-corrected chi connectivity index (χ3v) is 5.69. The summed E-state index contributed by atoms with van der Waals surface area (Å²) in [5.74, 6) is -0.507. The molecule has 0 spiro atoms. The molecule has 0 saturated heterocycles. The summed E-state index contributed by atoms with van der Waals surface area (Å²) < 4.78 is 5.87. The predicted octanol–water partition coefficient (Wildman–Crippen LogP) is 6.02. The van der Waals surface area contributed by atoms with Gasteiger partial charge in [-0.1, -0.05) is 42.5 Å². The van der Waals surface area contributed by atoms with Crippen molar-refractivity contribution >= 4 is 35.0 Å². The summed E-state index contributed by atoms with van der Waals surface area (Å²) in [5.41, 5.74) is 2.97. The van der Waals surface area contributed by atoms with Gasteiger partial charge in [0.05, 0.1) is 16.2 Å². The monoisotopic (exact) mass is 478 g/mol. The molecule has 0 atom stereocenters. The molecule has 8 nitrogen and oxygen atoms in total. The lowest BCUT2D eigenvalue weighted by atomic mass is 10.1. The van der Waals surface area contributed by atoms with Crippen LogP contribution in [-0.2, 0) is 4.79 Å². The van der Waals surface area contributed by atoms with Crippen LogP contribution >= 0.6 is 0 Å². The van der Waals surface area contributed by atoms with Gasteiger partial charge >= 0.3 is 5.97 Å². The van der Waals surface area contributed by atoms with E-state index in [4.69, 9.17) is 4.42 Å². The highest BCUT2D eigenvalue weighted by molar-refractivity contribution is 6.23. The molecule has 0 saturated carbocycles. The fraction of sp³-hybridized carbons (Fsp3) is 0. The summed E-state index contributed by atoms with van der Waals surface area (Å²) in [6.07, 6.45) is 3.36. The van der Waals surface area contributed by atoms with Crippen LogP contribution in [0.5, 0.6) is 0 Å². The van der Waals surface area contributed by atoms with E-state index in [0.29, 0.717) is 34.0 Å². The van der Waals surface area contributed by atoms with Crippen LogP contribution in [0.2, 0.25) is 0 Å². The Hall–Kier alpha value is -5.24. The van der Waals surface area contributed by atoms with Crippen LogP contribution in [0.25, 0.3) is 23.1 Å². The number of nitrogens with zero attached hydrogens (tertiary/aromatic N) is 2. The van der Waals surface area contributed by atoms with E-state index in [1.54, 1.807) is 48.6 Å². The molecule has 36 heavy (non-hydrogen) atoms. The Bertz CT molecular complexity index is 1550. The molecule has 1 aliphatic heterocycles. The van der Waals surface area contributed by atoms with Gasteiger partial charge in [0.2, 0.25) is 0 Å². The molecule has 8 heteroatoms. The van der Waals surface area contributed by atoms with Crippen molar-refractivity contribution in [2.45, 2.75) is 0 Å². The largest absolute Gasteiger partial charge is 0.478 e. The van der Waals surface area contributed by atoms with Gasteiger partial charge < -0.3 is 9.52 Å². The van der Waals surface area contributed by atoms with Crippen molar-refractivity contribution in [3.8, 4) is 11.3 Å². The van der Waals surface area contributed by atoms with E-state index in [1.807, 2.05) is 30.3 Å². The van der Waals surface area contributed by atoms with Crippen molar-refractivity contribution in [3.63, 3.8) is 0 Å². The van der Waals surface area contributed by atoms with Gasteiger partial charge in [-0.15, -0.1) is 0 Å². The Labute approximate surface area is 205 Å². The molecule has 0 radical (unpaired) electrons. The zero-order valence-electron chi connectivity index (χ0n) is 18.7. The average Bonchev–Trinajstić information content (AvgIpc) is 3.49. The molecular formula is C28H18N2O6. The van der Waals surface area contributed by atoms with Crippen LogP contribution in [0.4, 0.5) is 11.4 Å². The maximum atomic E-state index is 13.5. The van der Waals surface area contributed by atoms with Gasteiger partial charge in [-0.05, 0) is 54.1 Å². The molecule has 1 aromatic heterocycles. The number of aromatic carboxylic acids is 1. The second-order valence-electron chi connectivity index (χ2n) is 8.00. The number of nitro benzene ring substituents is 1. The third-order valence-electron chi connectivity index (χ3n) is 5.69. The van der Waals surface area contributed by atoms with E-state index in [2.05, 4.69) is 0 Å². The van der Waals surface area contributed by atoms with Gasteiger partial charge in [0.1, 0.15) is 11.5 Å². The number of carbonyl (C=O) groups is 2. The van der Waals surface area contributed by atoms with Crippen LogP contribution < -0.4 is 4.90 Å². The van der Waals surface area contributed by atoms with Gasteiger partial charge in [0.15, 0.2) is 0 Å². The zero-order valence-corrected chi connectivity index (χ0v) is 18.7. The number of rotatable bonds is 6. The van der Waals surface area contributed by atoms with E-state index in [9.17, 15) is 24.8 Å². The minimum atomic E-state index is -1.05. The summed E-state index contributed by atoms with van der Waals surface area (Å²) in [5, 5.41) is 20.3. The molecule has 176 valence electrons. The highest BCUT2D eigenvalue weighted by Crippen LogP contribution is 2.36. The summed E-state index contributed by atoms with van der Waals surface area (Å²) in [7, 11) is 0. The fourth-order valence-electron chi connectivity index (χ4n) is 3.96. The lowest BCUT2D eigenvalue weighted by Gasteiger charge is -2.21. The van der Waals surface area contributed by atoms with Crippen LogP contribution in [0.15, 0.2) is 107 Å². The first-order valence-corrected chi connectivity index (χ1v) is 10.9. The maximum absolute atomic E-state index is 13.5.